The number of carboxylic acid groups (broad SMARTS) is 2. The van der Waals surface area contributed by atoms with E-state index in [1.54, 1.807) is 0 Å². The molecule has 0 aromatic carbocycles. The molecule has 86 valence electrons. The Morgan fingerprint density at radius 2 is 1.87 bits per heavy atom. The molecule has 0 bridgehead atoms. The molecular formula is C8H13NO6. The molecule has 1 saturated heterocycles. The molecular weight excluding hydrogens is 206 g/mol. The molecule has 1 unspecified atom stereocenters. The predicted molar refractivity (Wildman–Crippen MR) is 47.5 cm³/mol. The Morgan fingerprint density at radius 3 is 2.13 bits per heavy atom. The highest BCUT2D eigenvalue weighted by Gasteiger charge is 2.50. The van der Waals surface area contributed by atoms with Gasteiger partial charge in [0.1, 0.15) is 6.04 Å². The molecule has 0 radical (unpaired) electrons. The van der Waals surface area contributed by atoms with Crippen LogP contribution >= 0.6 is 0 Å². The number of aliphatic carboxylic acids is 1. The average Bonchev–Trinajstić information content (AvgIpc) is 2.58. The monoisotopic (exact) mass is 219 g/mol. The van der Waals surface area contributed by atoms with Crippen LogP contribution in [0.2, 0.25) is 0 Å². The second-order valence-corrected chi connectivity index (χ2v) is 3.29. The summed E-state index contributed by atoms with van der Waals surface area (Å²) in [6.07, 6.45) is -1.31. The molecule has 7 nitrogen and oxygen atoms in total. The van der Waals surface area contributed by atoms with Gasteiger partial charge in [-0.15, -0.1) is 0 Å². The van der Waals surface area contributed by atoms with E-state index in [2.05, 4.69) is 0 Å². The van der Waals surface area contributed by atoms with Gasteiger partial charge in [-0.2, -0.15) is 0 Å². The van der Waals surface area contributed by atoms with E-state index < -0.39 is 23.9 Å². The number of methoxy groups -OCH3 is 2. The molecule has 2 N–H and O–H groups in total. The Labute approximate surface area is 86.2 Å². The van der Waals surface area contributed by atoms with Crippen LogP contribution < -0.4 is 0 Å². The van der Waals surface area contributed by atoms with Crippen molar-refractivity contribution in [3.8, 4) is 0 Å². The third kappa shape index (κ3) is 2.02. The lowest BCUT2D eigenvalue weighted by molar-refractivity contribution is -0.195. The van der Waals surface area contributed by atoms with E-state index in [9.17, 15) is 9.59 Å². The highest BCUT2D eigenvalue weighted by molar-refractivity contribution is 5.80. The van der Waals surface area contributed by atoms with Gasteiger partial charge in [0.05, 0.1) is 6.54 Å². The molecule has 1 heterocycles. The first kappa shape index (κ1) is 11.7. The second kappa shape index (κ2) is 4.03. The van der Waals surface area contributed by atoms with Crippen LogP contribution in [0.1, 0.15) is 6.42 Å². The molecule has 0 aromatic rings. The number of nitrogens with zero attached hydrogens (tertiary/aromatic N) is 1. The van der Waals surface area contributed by atoms with Crippen LogP contribution in [0.15, 0.2) is 0 Å². The Kier molecular flexibility index (Phi) is 3.15. The van der Waals surface area contributed by atoms with Crippen LogP contribution in [0.3, 0.4) is 0 Å². The first-order valence-corrected chi connectivity index (χ1v) is 4.28. The summed E-state index contributed by atoms with van der Waals surface area (Å²) in [5, 5.41) is 17.6. The zero-order valence-electron chi connectivity index (χ0n) is 8.47. The van der Waals surface area contributed by atoms with Gasteiger partial charge in [0, 0.05) is 20.6 Å². The summed E-state index contributed by atoms with van der Waals surface area (Å²) >= 11 is 0. The van der Waals surface area contributed by atoms with Gasteiger partial charge < -0.3 is 19.7 Å². The van der Waals surface area contributed by atoms with Gasteiger partial charge in [-0.05, 0) is 0 Å². The van der Waals surface area contributed by atoms with Crippen LogP contribution in [0, 0.1) is 0 Å². The fourth-order valence-electron chi connectivity index (χ4n) is 1.64. The van der Waals surface area contributed by atoms with Gasteiger partial charge in [-0.25, -0.2) is 9.59 Å². The minimum atomic E-state index is -1.29. The third-order valence-electron chi connectivity index (χ3n) is 2.57. The Bertz CT molecular complexity index is 250. The SMILES string of the molecule is COC1(OC)CC(C(=O)O)N(C(=O)O)C1. The lowest BCUT2D eigenvalue weighted by Gasteiger charge is -2.24. The van der Waals surface area contributed by atoms with E-state index in [4.69, 9.17) is 19.7 Å². The molecule has 1 fully saturated rings. The summed E-state index contributed by atoms with van der Waals surface area (Å²) in [6.45, 7) is -0.105. The number of rotatable bonds is 3. The summed E-state index contributed by atoms with van der Waals surface area (Å²) in [7, 11) is 2.71. The van der Waals surface area contributed by atoms with Crippen molar-refractivity contribution in [1.82, 2.24) is 4.90 Å². The Balaban J connectivity index is 2.90. The van der Waals surface area contributed by atoms with E-state index in [-0.39, 0.29) is 13.0 Å². The zero-order chi connectivity index (χ0) is 11.6. The van der Waals surface area contributed by atoms with Gasteiger partial charge in [0.25, 0.3) is 0 Å². The van der Waals surface area contributed by atoms with Gasteiger partial charge in [-0.1, -0.05) is 0 Å². The van der Waals surface area contributed by atoms with Crippen LogP contribution in [0.25, 0.3) is 0 Å². The molecule has 15 heavy (non-hydrogen) atoms. The molecule has 1 aliphatic rings. The van der Waals surface area contributed by atoms with E-state index in [0.717, 1.165) is 4.90 Å². The number of carboxylic acids is 1. The quantitative estimate of drug-likeness (QED) is 0.639. The second-order valence-electron chi connectivity index (χ2n) is 3.29. The molecule has 1 amide bonds. The number of likely N-dealkylation sites (tertiary alicyclic amines) is 1. The third-order valence-corrected chi connectivity index (χ3v) is 2.57. The van der Waals surface area contributed by atoms with Gasteiger partial charge in [0.2, 0.25) is 0 Å². The van der Waals surface area contributed by atoms with Crippen molar-refractivity contribution in [3.63, 3.8) is 0 Å². The van der Waals surface area contributed by atoms with E-state index in [0.29, 0.717) is 0 Å². The molecule has 1 aliphatic heterocycles. The molecule has 0 aromatic heterocycles. The van der Waals surface area contributed by atoms with E-state index in [1.807, 2.05) is 0 Å². The zero-order valence-corrected chi connectivity index (χ0v) is 8.47. The first-order valence-electron chi connectivity index (χ1n) is 4.28. The predicted octanol–water partition coefficient (Wildman–Crippen LogP) is -0.188. The molecule has 1 rings (SSSR count). The van der Waals surface area contributed by atoms with Crippen molar-refractivity contribution in [1.29, 1.82) is 0 Å². The molecule has 0 spiro atoms. The maximum absolute atomic E-state index is 10.8. The molecule has 0 saturated carbocycles. The number of amides is 1. The van der Waals surface area contributed by atoms with Gasteiger partial charge >= 0.3 is 12.1 Å². The van der Waals surface area contributed by atoms with Crippen molar-refractivity contribution in [2.75, 3.05) is 20.8 Å². The summed E-state index contributed by atoms with van der Waals surface area (Å²) in [6, 6.07) is -1.12. The summed E-state index contributed by atoms with van der Waals surface area (Å²) in [5.74, 6) is -2.35. The Morgan fingerprint density at radius 1 is 1.33 bits per heavy atom. The molecule has 7 heteroatoms. The number of hydrogen-bond acceptors (Lipinski definition) is 4. The topological polar surface area (TPSA) is 96.3 Å². The number of ether oxygens (including phenoxy) is 2. The van der Waals surface area contributed by atoms with E-state index >= 15 is 0 Å². The number of carbonyl (C=O) groups is 2. The van der Waals surface area contributed by atoms with Crippen molar-refractivity contribution in [2.45, 2.75) is 18.2 Å². The molecule has 0 aliphatic carbocycles. The fourth-order valence-corrected chi connectivity index (χ4v) is 1.64. The van der Waals surface area contributed by atoms with Crippen LogP contribution in [0.5, 0.6) is 0 Å². The lowest BCUT2D eigenvalue weighted by Crippen LogP contribution is -2.41. The van der Waals surface area contributed by atoms with Crippen LogP contribution in [-0.4, -0.2) is 59.8 Å². The normalized spacial score (nSPS) is 24.1. The smallest absolute Gasteiger partial charge is 0.408 e. The maximum atomic E-state index is 10.8. The van der Waals surface area contributed by atoms with Crippen molar-refractivity contribution in [2.24, 2.45) is 0 Å². The highest BCUT2D eigenvalue weighted by atomic mass is 16.7. The first-order chi connectivity index (χ1) is 6.95. The average molecular weight is 219 g/mol. The maximum Gasteiger partial charge on any atom is 0.408 e. The highest BCUT2D eigenvalue weighted by Crippen LogP contribution is 2.30. The summed E-state index contributed by atoms with van der Waals surface area (Å²) in [5.41, 5.74) is 0. The summed E-state index contributed by atoms with van der Waals surface area (Å²) in [4.78, 5) is 22.4. The fraction of sp³-hybridized carbons (Fsp3) is 0.750. The van der Waals surface area contributed by atoms with Crippen molar-refractivity contribution >= 4 is 12.1 Å². The van der Waals surface area contributed by atoms with Crippen LogP contribution in [0.4, 0.5) is 4.79 Å². The number of hydrogen-bond donors (Lipinski definition) is 2. The lowest BCUT2D eigenvalue weighted by atomic mass is 10.1. The van der Waals surface area contributed by atoms with E-state index in [1.165, 1.54) is 14.2 Å². The van der Waals surface area contributed by atoms with Crippen LogP contribution in [-0.2, 0) is 14.3 Å². The summed E-state index contributed by atoms with van der Waals surface area (Å²) < 4.78 is 10.0. The standard InChI is InChI=1S/C8H13NO6/c1-14-8(15-2)3-5(6(10)11)9(4-8)7(12)13/h5H,3-4H2,1-2H3,(H,10,11)(H,12,13). The van der Waals surface area contributed by atoms with Gasteiger partial charge in [-0.3, -0.25) is 4.90 Å². The minimum Gasteiger partial charge on any atom is -0.480 e. The Hall–Kier alpha value is -1.34. The minimum absolute atomic E-state index is 0.0123. The molecule has 1 atom stereocenters. The largest absolute Gasteiger partial charge is 0.480 e. The van der Waals surface area contributed by atoms with Gasteiger partial charge in [0.15, 0.2) is 5.79 Å². The van der Waals surface area contributed by atoms with Crippen molar-refractivity contribution < 1.29 is 29.3 Å². The van der Waals surface area contributed by atoms with Crippen molar-refractivity contribution in [3.05, 3.63) is 0 Å².